The van der Waals surface area contributed by atoms with Crippen LogP contribution in [0, 0.1) is 0 Å². The number of fused-ring (bicyclic) bond motifs is 2. The summed E-state index contributed by atoms with van der Waals surface area (Å²) in [5.74, 6) is -0.582. The third-order valence-corrected chi connectivity index (χ3v) is 4.49. The minimum Gasteiger partial charge on any atom is -0.481 e. The Balaban J connectivity index is 1.68. The molecule has 132 valence electrons. The van der Waals surface area contributed by atoms with Crippen LogP contribution in [0.4, 0.5) is 5.69 Å². The normalized spacial score (nSPS) is 15.9. The van der Waals surface area contributed by atoms with Crippen LogP contribution in [-0.4, -0.2) is 28.2 Å². The van der Waals surface area contributed by atoms with E-state index < -0.39 is 12.0 Å². The summed E-state index contributed by atoms with van der Waals surface area (Å²) in [6.45, 7) is 0.466. The molecule has 0 aliphatic carbocycles. The third kappa shape index (κ3) is 2.91. The predicted molar refractivity (Wildman–Crippen MR) is 97.2 cm³/mol. The number of carboxylic acid groups (broad SMARTS) is 1. The highest BCUT2D eigenvalue weighted by Crippen LogP contribution is 2.35. The lowest BCUT2D eigenvalue weighted by Gasteiger charge is -2.20. The number of carboxylic acids is 1. The van der Waals surface area contributed by atoms with Crippen molar-refractivity contribution in [2.75, 3.05) is 12.1 Å². The summed E-state index contributed by atoms with van der Waals surface area (Å²) in [6.07, 6.45) is 3.22. The van der Waals surface area contributed by atoms with Gasteiger partial charge < -0.3 is 14.9 Å². The second-order valence-corrected chi connectivity index (χ2v) is 6.39. The van der Waals surface area contributed by atoms with E-state index in [-0.39, 0.29) is 0 Å². The number of nitrogens with one attached hydrogen (secondary N) is 1. The molecule has 8 heteroatoms. The second kappa shape index (κ2) is 6.44. The standard InChI is InChI=1S/C18H15ClN4O3/c1-26-16-6-13-15(8-21-16)23(22-17(13)18(24)25)9-10-2-3-14-11(4-10)5-12(19)7-20-14/h2-8,17,22H,9H2,1H3,(H,24,25). The van der Waals surface area contributed by atoms with Crippen molar-refractivity contribution in [3.8, 4) is 5.88 Å². The van der Waals surface area contributed by atoms with Gasteiger partial charge in [-0.05, 0) is 23.8 Å². The quantitative estimate of drug-likeness (QED) is 0.730. The molecule has 0 saturated heterocycles. The van der Waals surface area contributed by atoms with Crippen LogP contribution in [-0.2, 0) is 11.3 Å². The first kappa shape index (κ1) is 16.6. The number of aromatic nitrogens is 2. The van der Waals surface area contributed by atoms with Crippen molar-refractivity contribution in [2.24, 2.45) is 0 Å². The van der Waals surface area contributed by atoms with E-state index in [9.17, 15) is 9.90 Å². The number of methoxy groups -OCH3 is 1. The average molecular weight is 371 g/mol. The number of pyridine rings is 2. The summed E-state index contributed by atoms with van der Waals surface area (Å²) in [5, 5.41) is 12.8. The van der Waals surface area contributed by atoms with Crippen LogP contribution in [0.5, 0.6) is 5.88 Å². The maximum atomic E-state index is 11.6. The highest BCUT2D eigenvalue weighted by Gasteiger charge is 2.34. The number of carbonyl (C=O) groups is 1. The van der Waals surface area contributed by atoms with Crippen LogP contribution >= 0.6 is 11.6 Å². The third-order valence-electron chi connectivity index (χ3n) is 4.28. The monoisotopic (exact) mass is 370 g/mol. The van der Waals surface area contributed by atoms with Gasteiger partial charge >= 0.3 is 5.97 Å². The smallest absolute Gasteiger partial charge is 0.327 e. The fourth-order valence-electron chi connectivity index (χ4n) is 3.06. The molecule has 1 aromatic carbocycles. The summed E-state index contributed by atoms with van der Waals surface area (Å²) >= 11 is 6.02. The van der Waals surface area contributed by atoms with Gasteiger partial charge in [0.1, 0.15) is 0 Å². The van der Waals surface area contributed by atoms with Gasteiger partial charge in [-0.1, -0.05) is 17.7 Å². The Bertz CT molecular complexity index is 1010. The maximum absolute atomic E-state index is 11.6. The Morgan fingerprint density at radius 2 is 2.15 bits per heavy atom. The Hall–Kier alpha value is -2.90. The first-order valence-corrected chi connectivity index (χ1v) is 8.27. The minimum atomic E-state index is -0.962. The van der Waals surface area contributed by atoms with Crippen molar-refractivity contribution >= 4 is 34.2 Å². The molecule has 2 N–H and O–H groups in total. The average Bonchev–Trinajstić information content (AvgIpc) is 2.99. The van der Waals surface area contributed by atoms with E-state index in [4.69, 9.17) is 16.3 Å². The van der Waals surface area contributed by atoms with Crippen molar-refractivity contribution in [2.45, 2.75) is 12.6 Å². The highest BCUT2D eigenvalue weighted by atomic mass is 35.5. The fourth-order valence-corrected chi connectivity index (χ4v) is 3.23. The van der Waals surface area contributed by atoms with Crippen LogP contribution in [0.2, 0.25) is 5.02 Å². The molecule has 1 unspecified atom stereocenters. The van der Waals surface area contributed by atoms with Crippen LogP contribution < -0.4 is 15.2 Å². The largest absolute Gasteiger partial charge is 0.481 e. The fraction of sp³-hybridized carbons (Fsp3) is 0.167. The summed E-state index contributed by atoms with van der Waals surface area (Å²) in [6, 6.07) is 8.50. The second-order valence-electron chi connectivity index (χ2n) is 5.95. The van der Waals surface area contributed by atoms with E-state index in [0.29, 0.717) is 28.7 Å². The summed E-state index contributed by atoms with van der Waals surface area (Å²) < 4.78 is 5.11. The lowest BCUT2D eigenvalue weighted by Crippen LogP contribution is -2.36. The number of nitrogens with zero attached hydrogens (tertiary/aromatic N) is 3. The van der Waals surface area contributed by atoms with Gasteiger partial charge in [0, 0.05) is 23.2 Å². The maximum Gasteiger partial charge on any atom is 0.327 e. The van der Waals surface area contributed by atoms with E-state index in [0.717, 1.165) is 16.5 Å². The van der Waals surface area contributed by atoms with E-state index in [1.165, 1.54) is 7.11 Å². The predicted octanol–water partition coefficient (Wildman–Crippen LogP) is 2.94. The van der Waals surface area contributed by atoms with E-state index in [1.807, 2.05) is 24.3 Å². The van der Waals surface area contributed by atoms with E-state index in [1.54, 1.807) is 23.5 Å². The first-order valence-electron chi connectivity index (χ1n) is 7.90. The van der Waals surface area contributed by atoms with Crippen LogP contribution in [0.3, 0.4) is 0 Å². The number of hydrazine groups is 1. The van der Waals surface area contributed by atoms with Crippen LogP contribution in [0.15, 0.2) is 42.7 Å². The molecule has 3 aromatic rings. The molecule has 26 heavy (non-hydrogen) atoms. The number of rotatable bonds is 4. The van der Waals surface area contributed by atoms with Gasteiger partial charge in [-0.3, -0.25) is 9.78 Å². The molecule has 1 aliphatic rings. The van der Waals surface area contributed by atoms with Gasteiger partial charge in [0.2, 0.25) is 5.88 Å². The summed E-state index contributed by atoms with van der Waals surface area (Å²) in [4.78, 5) is 20.1. The first-order chi connectivity index (χ1) is 12.5. The number of halogens is 1. The van der Waals surface area contributed by atoms with Crippen LogP contribution in [0.1, 0.15) is 17.2 Å². The Morgan fingerprint density at radius 3 is 2.92 bits per heavy atom. The molecule has 1 atom stereocenters. The van der Waals surface area contributed by atoms with Gasteiger partial charge in [0.05, 0.1) is 36.1 Å². The minimum absolute atomic E-state index is 0.380. The van der Waals surface area contributed by atoms with Gasteiger partial charge in [-0.15, -0.1) is 0 Å². The van der Waals surface area contributed by atoms with Crippen molar-refractivity contribution < 1.29 is 14.6 Å². The molecule has 7 nitrogen and oxygen atoms in total. The molecule has 0 spiro atoms. The zero-order chi connectivity index (χ0) is 18.3. The zero-order valence-corrected chi connectivity index (χ0v) is 14.6. The van der Waals surface area contributed by atoms with Gasteiger partial charge in [-0.2, -0.15) is 0 Å². The van der Waals surface area contributed by atoms with Gasteiger partial charge in [0.25, 0.3) is 0 Å². The molecule has 0 bridgehead atoms. The molecule has 0 saturated carbocycles. The van der Waals surface area contributed by atoms with E-state index in [2.05, 4.69) is 15.4 Å². The van der Waals surface area contributed by atoms with E-state index >= 15 is 0 Å². The van der Waals surface area contributed by atoms with Crippen molar-refractivity contribution in [1.82, 2.24) is 15.4 Å². The molecule has 3 heterocycles. The van der Waals surface area contributed by atoms with Crippen molar-refractivity contribution in [3.05, 3.63) is 58.9 Å². The Morgan fingerprint density at radius 1 is 1.31 bits per heavy atom. The summed E-state index contributed by atoms with van der Waals surface area (Å²) in [7, 11) is 1.50. The lowest BCUT2D eigenvalue weighted by molar-refractivity contribution is -0.139. The number of hydrogen-bond acceptors (Lipinski definition) is 6. The summed E-state index contributed by atoms with van der Waals surface area (Å²) in [5.41, 5.74) is 6.18. The lowest BCUT2D eigenvalue weighted by atomic mass is 10.1. The van der Waals surface area contributed by atoms with Gasteiger partial charge in [-0.25, -0.2) is 10.4 Å². The Kier molecular flexibility index (Phi) is 4.10. The number of anilines is 1. The molecule has 0 radical (unpaired) electrons. The number of ether oxygens (including phenoxy) is 1. The molecule has 4 rings (SSSR count). The zero-order valence-electron chi connectivity index (χ0n) is 13.8. The van der Waals surface area contributed by atoms with Gasteiger partial charge in [0.15, 0.2) is 6.04 Å². The topological polar surface area (TPSA) is 87.6 Å². The van der Waals surface area contributed by atoms with Crippen LogP contribution in [0.25, 0.3) is 10.9 Å². The molecule has 2 aromatic heterocycles. The highest BCUT2D eigenvalue weighted by molar-refractivity contribution is 6.31. The number of hydrogen-bond donors (Lipinski definition) is 2. The Labute approximate surface area is 154 Å². The molecular formula is C18H15ClN4O3. The number of benzene rings is 1. The molecule has 1 aliphatic heterocycles. The molecular weight excluding hydrogens is 356 g/mol. The SMILES string of the molecule is COc1cc2c(cn1)N(Cc1ccc3ncc(Cl)cc3c1)NC2C(=O)O. The van der Waals surface area contributed by atoms with Crippen molar-refractivity contribution in [1.29, 1.82) is 0 Å². The molecule has 0 amide bonds. The van der Waals surface area contributed by atoms with Crippen molar-refractivity contribution in [3.63, 3.8) is 0 Å². The molecule has 0 fully saturated rings. The number of aliphatic carboxylic acids is 1.